The summed E-state index contributed by atoms with van der Waals surface area (Å²) < 4.78 is 59.2. The van der Waals surface area contributed by atoms with Gasteiger partial charge in [-0.1, -0.05) is 0 Å². The summed E-state index contributed by atoms with van der Waals surface area (Å²) >= 11 is 0. The highest BCUT2D eigenvalue weighted by Gasteiger charge is 2.34. The lowest BCUT2D eigenvalue weighted by molar-refractivity contribution is 0.0599. The maximum Gasteiger partial charge on any atom is 0.338 e. The number of carbonyl (C=O) groups is 2. The third-order valence-electron chi connectivity index (χ3n) is 6.03. The number of aromatic nitrogens is 2. The minimum absolute atomic E-state index is 0.0223. The van der Waals surface area contributed by atoms with E-state index in [0.29, 0.717) is 28.1 Å². The third-order valence-corrected chi connectivity index (χ3v) is 6.86. The Morgan fingerprint density at radius 3 is 2.69 bits per heavy atom. The average molecular weight is 515 g/mol. The van der Waals surface area contributed by atoms with E-state index >= 15 is 0 Å². The fourth-order valence-corrected chi connectivity index (χ4v) is 5.48. The van der Waals surface area contributed by atoms with Crippen molar-refractivity contribution in [3.8, 4) is 0 Å². The second-order valence-corrected chi connectivity index (χ2v) is 10.8. The molecule has 9 nitrogen and oxygen atoms in total. The first kappa shape index (κ1) is 23.7. The molecular formula is C24H20F2N4O5S. The normalized spacial score (nSPS) is 15.1. The van der Waals surface area contributed by atoms with Crippen LogP contribution in [-0.4, -0.2) is 49.8 Å². The van der Waals surface area contributed by atoms with Gasteiger partial charge < -0.3 is 19.5 Å². The first-order chi connectivity index (χ1) is 17.0. The predicted molar refractivity (Wildman–Crippen MR) is 128 cm³/mol. The minimum Gasteiger partial charge on any atom is -0.465 e. The van der Waals surface area contributed by atoms with Gasteiger partial charge >= 0.3 is 5.97 Å². The van der Waals surface area contributed by atoms with Gasteiger partial charge in [-0.2, -0.15) is 0 Å². The SMILES string of the molecule is COC(=O)c1c(CS(C)(=O)=O)cc2cn(C)c3c2c1C1=CN(c2ncc(F)cc2F)CC=C1NC3=O. The number of hydrogen-bond donors (Lipinski definition) is 1. The van der Waals surface area contributed by atoms with Gasteiger partial charge in [0.25, 0.3) is 5.91 Å². The van der Waals surface area contributed by atoms with Gasteiger partial charge in [-0.3, -0.25) is 4.79 Å². The number of nitrogens with one attached hydrogen (secondary N) is 1. The molecule has 12 heteroatoms. The van der Waals surface area contributed by atoms with Gasteiger partial charge in [-0.15, -0.1) is 0 Å². The Morgan fingerprint density at radius 1 is 1.28 bits per heavy atom. The lowest BCUT2D eigenvalue weighted by atomic mass is 9.89. The molecule has 36 heavy (non-hydrogen) atoms. The summed E-state index contributed by atoms with van der Waals surface area (Å²) in [5.41, 5.74) is 1.37. The van der Waals surface area contributed by atoms with E-state index in [0.717, 1.165) is 12.5 Å². The van der Waals surface area contributed by atoms with Crippen LogP contribution in [0.2, 0.25) is 0 Å². The van der Waals surface area contributed by atoms with Crippen LogP contribution in [0.15, 0.2) is 42.5 Å². The van der Waals surface area contributed by atoms with Crippen LogP contribution in [0.1, 0.15) is 32.0 Å². The van der Waals surface area contributed by atoms with Gasteiger partial charge in [-0.05, 0) is 17.7 Å². The highest BCUT2D eigenvalue weighted by molar-refractivity contribution is 7.89. The fraction of sp³-hybridized carbons (Fsp3) is 0.208. The smallest absolute Gasteiger partial charge is 0.338 e. The standard InChI is InChI=1S/C24H20F2N4O5S/c1-29-9-12-6-13(11-36(3,33)34)19(24(32)35-2)20-15-10-30(22-16(26)7-14(25)8-27-22)5-4-17(15)28-23(31)21(29)18(12)20/h4,6-10H,5,11H2,1-3H3,(H,28,31). The summed E-state index contributed by atoms with van der Waals surface area (Å²) in [4.78, 5) is 31.6. The fourth-order valence-electron chi connectivity index (χ4n) is 4.69. The van der Waals surface area contributed by atoms with Crippen LogP contribution in [-0.2, 0) is 27.4 Å². The molecule has 0 saturated heterocycles. The number of methoxy groups -OCH3 is 1. The number of rotatable bonds is 4. The van der Waals surface area contributed by atoms with Crippen molar-refractivity contribution in [3.63, 3.8) is 0 Å². The largest absolute Gasteiger partial charge is 0.465 e. The number of anilines is 1. The average Bonchev–Trinajstić information content (AvgIpc) is 3.05. The summed E-state index contributed by atoms with van der Waals surface area (Å²) in [5, 5.41) is 3.77. The quantitative estimate of drug-likeness (QED) is 0.533. The number of hydrogen-bond acceptors (Lipinski definition) is 7. The lowest BCUT2D eigenvalue weighted by Gasteiger charge is -2.27. The number of fused-ring (bicyclic) bond motifs is 2. The Hall–Kier alpha value is -4.06. The molecule has 2 aliphatic rings. The van der Waals surface area contributed by atoms with Crippen molar-refractivity contribution in [3.05, 3.63) is 76.5 Å². The van der Waals surface area contributed by atoms with Crippen LogP contribution in [0.4, 0.5) is 14.6 Å². The monoisotopic (exact) mass is 514 g/mol. The molecule has 5 rings (SSSR count). The van der Waals surface area contributed by atoms with Crippen LogP contribution >= 0.6 is 0 Å². The minimum atomic E-state index is -3.57. The van der Waals surface area contributed by atoms with E-state index in [-0.39, 0.29) is 34.7 Å². The van der Waals surface area contributed by atoms with Gasteiger partial charge in [0.1, 0.15) is 11.5 Å². The molecule has 0 radical (unpaired) electrons. The third kappa shape index (κ3) is 3.83. The van der Waals surface area contributed by atoms with Crippen molar-refractivity contribution < 1.29 is 31.5 Å². The molecule has 2 aliphatic heterocycles. The molecule has 2 aromatic heterocycles. The number of pyridine rings is 1. The van der Waals surface area contributed by atoms with Gasteiger partial charge in [0.05, 0.1) is 24.6 Å². The maximum absolute atomic E-state index is 14.6. The van der Waals surface area contributed by atoms with Crippen molar-refractivity contribution in [1.82, 2.24) is 14.9 Å². The zero-order valence-electron chi connectivity index (χ0n) is 19.4. The summed E-state index contributed by atoms with van der Waals surface area (Å²) in [6.07, 6.45) is 6.70. The second kappa shape index (κ2) is 8.26. The van der Waals surface area contributed by atoms with E-state index in [4.69, 9.17) is 4.74 Å². The van der Waals surface area contributed by atoms with Crippen LogP contribution < -0.4 is 10.2 Å². The van der Waals surface area contributed by atoms with Gasteiger partial charge in [0.15, 0.2) is 21.5 Å². The molecule has 0 atom stereocenters. The summed E-state index contributed by atoms with van der Waals surface area (Å²) in [6.45, 7) is 0.0880. The van der Waals surface area contributed by atoms with E-state index in [1.165, 1.54) is 18.2 Å². The molecule has 1 N–H and O–H groups in total. The number of allylic oxidation sites excluding steroid dienone is 1. The number of esters is 1. The number of carbonyl (C=O) groups excluding carboxylic acids is 2. The van der Waals surface area contributed by atoms with Crippen LogP contribution in [0.3, 0.4) is 0 Å². The number of nitrogens with zero attached hydrogens (tertiary/aromatic N) is 3. The van der Waals surface area contributed by atoms with Gasteiger partial charge in [-0.25, -0.2) is 27.0 Å². The van der Waals surface area contributed by atoms with E-state index in [1.54, 1.807) is 30.0 Å². The first-order valence-corrected chi connectivity index (χ1v) is 12.8. The van der Waals surface area contributed by atoms with E-state index < -0.39 is 39.1 Å². The molecule has 1 aromatic carbocycles. The number of benzene rings is 1. The molecule has 0 aliphatic carbocycles. The highest BCUT2D eigenvalue weighted by Crippen LogP contribution is 2.41. The Balaban J connectivity index is 1.87. The Kier molecular flexibility index (Phi) is 5.43. The van der Waals surface area contributed by atoms with Crippen molar-refractivity contribution >= 4 is 43.9 Å². The van der Waals surface area contributed by atoms with Crippen LogP contribution in [0.25, 0.3) is 16.3 Å². The van der Waals surface area contributed by atoms with Gasteiger partial charge in [0.2, 0.25) is 0 Å². The van der Waals surface area contributed by atoms with E-state index in [2.05, 4.69) is 10.3 Å². The highest BCUT2D eigenvalue weighted by atomic mass is 32.2. The Morgan fingerprint density at radius 2 is 2.03 bits per heavy atom. The molecule has 0 fully saturated rings. The number of aryl methyl sites for hydroxylation is 1. The van der Waals surface area contributed by atoms with E-state index in [9.17, 15) is 26.8 Å². The summed E-state index contributed by atoms with van der Waals surface area (Å²) in [5.74, 6) is -3.57. The number of ether oxygens (including phenoxy) is 1. The molecule has 3 aromatic rings. The lowest BCUT2D eigenvalue weighted by Crippen LogP contribution is -2.29. The summed E-state index contributed by atoms with van der Waals surface area (Å²) in [6, 6.07) is 2.26. The maximum atomic E-state index is 14.6. The first-order valence-electron chi connectivity index (χ1n) is 10.7. The van der Waals surface area contributed by atoms with Crippen LogP contribution in [0, 0.1) is 11.6 Å². The number of halogens is 2. The van der Waals surface area contributed by atoms with Crippen molar-refractivity contribution in [2.24, 2.45) is 7.05 Å². The molecule has 186 valence electrons. The molecule has 1 amide bonds. The van der Waals surface area contributed by atoms with Crippen molar-refractivity contribution in [1.29, 1.82) is 0 Å². The van der Waals surface area contributed by atoms with Gasteiger partial charge in [0, 0.05) is 65.9 Å². The zero-order valence-corrected chi connectivity index (χ0v) is 20.2. The summed E-state index contributed by atoms with van der Waals surface area (Å²) in [7, 11) is -0.736. The predicted octanol–water partition coefficient (Wildman–Crippen LogP) is 2.67. The van der Waals surface area contributed by atoms with Crippen LogP contribution in [0.5, 0.6) is 0 Å². The molecule has 0 saturated carbocycles. The second-order valence-electron chi connectivity index (χ2n) is 8.63. The van der Waals surface area contributed by atoms with Crippen molar-refractivity contribution in [2.45, 2.75) is 5.75 Å². The topological polar surface area (TPSA) is 111 Å². The number of sulfone groups is 1. The number of amides is 1. The Labute approximate surface area is 204 Å². The molecule has 0 bridgehead atoms. The van der Waals surface area contributed by atoms with E-state index in [1.807, 2.05) is 0 Å². The zero-order chi connectivity index (χ0) is 25.9. The molecule has 0 unspecified atom stereocenters. The molecule has 0 spiro atoms. The van der Waals surface area contributed by atoms with Crippen molar-refractivity contribution in [2.75, 3.05) is 24.8 Å². The Bertz CT molecular complexity index is 1660. The molecule has 4 heterocycles. The molecular weight excluding hydrogens is 494 g/mol.